The van der Waals surface area contributed by atoms with Crippen LogP contribution >= 0.6 is 0 Å². The lowest BCUT2D eigenvalue weighted by atomic mass is 10.1. The molecule has 0 aromatic carbocycles. The summed E-state index contributed by atoms with van der Waals surface area (Å²) in [6, 6.07) is -0.611. The molecule has 1 amide bonds. The van der Waals surface area contributed by atoms with E-state index in [0.717, 1.165) is 25.7 Å². The highest BCUT2D eigenvalue weighted by atomic mass is 16.3. The first-order valence-electron chi connectivity index (χ1n) is 14.4. The molecule has 4 nitrogen and oxygen atoms in total. The summed E-state index contributed by atoms with van der Waals surface area (Å²) in [5.41, 5.74) is 0. The third-order valence-electron chi connectivity index (χ3n) is 6.52. The molecule has 0 aromatic heterocycles. The van der Waals surface area contributed by atoms with Crippen LogP contribution in [0.15, 0.2) is 12.2 Å². The van der Waals surface area contributed by atoms with E-state index in [-0.39, 0.29) is 12.5 Å². The summed E-state index contributed by atoms with van der Waals surface area (Å²) in [7, 11) is 0. The lowest BCUT2D eigenvalue weighted by Gasteiger charge is -2.20. The van der Waals surface area contributed by atoms with Crippen molar-refractivity contribution < 1.29 is 15.0 Å². The Balaban J connectivity index is 3.70. The van der Waals surface area contributed by atoms with Gasteiger partial charge in [-0.05, 0) is 19.3 Å². The number of nitrogens with one attached hydrogen (secondary N) is 1. The highest BCUT2D eigenvalue weighted by Crippen LogP contribution is 2.12. The Morgan fingerprint density at radius 3 is 1.58 bits per heavy atom. The molecule has 0 bridgehead atoms. The number of amides is 1. The van der Waals surface area contributed by atoms with Gasteiger partial charge in [0.2, 0.25) is 5.91 Å². The van der Waals surface area contributed by atoms with Crippen LogP contribution in [0, 0.1) is 0 Å². The number of unbranched alkanes of at least 4 members (excludes halogenated alkanes) is 18. The smallest absolute Gasteiger partial charge is 0.220 e. The summed E-state index contributed by atoms with van der Waals surface area (Å²) in [4.78, 5) is 12.2. The number of carbonyl (C=O) groups excluding carboxylic acids is 1. The second kappa shape index (κ2) is 25.7. The van der Waals surface area contributed by atoms with Gasteiger partial charge < -0.3 is 15.5 Å². The van der Waals surface area contributed by atoms with Crippen LogP contribution in [0.2, 0.25) is 0 Å². The fourth-order valence-corrected chi connectivity index (χ4v) is 4.23. The summed E-state index contributed by atoms with van der Waals surface area (Å²) >= 11 is 0. The largest absolute Gasteiger partial charge is 0.394 e. The average Bonchev–Trinajstić information content (AvgIpc) is 2.82. The van der Waals surface area contributed by atoms with Crippen LogP contribution in [0.5, 0.6) is 0 Å². The SMILES string of the molecule is CCCCCCCCCCC/C=C/C(O)C(CO)NC(=O)CCCCCCCCCCCC. The molecular weight excluding hydrogens is 410 g/mol. The monoisotopic (exact) mass is 467 g/mol. The third kappa shape index (κ3) is 22.7. The van der Waals surface area contributed by atoms with Crippen molar-refractivity contribution in [3.05, 3.63) is 12.2 Å². The Morgan fingerprint density at radius 1 is 0.697 bits per heavy atom. The highest BCUT2D eigenvalue weighted by Gasteiger charge is 2.17. The molecule has 196 valence electrons. The summed E-state index contributed by atoms with van der Waals surface area (Å²) in [5.74, 6) is -0.0694. The summed E-state index contributed by atoms with van der Waals surface area (Å²) in [6.07, 6.45) is 28.5. The molecular formula is C29H57NO3. The minimum Gasteiger partial charge on any atom is -0.394 e. The maximum absolute atomic E-state index is 12.2. The zero-order valence-electron chi connectivity index (χ0n) is 22.2. The van der Waals surface area contributed by atoms with Gasteiger partial charge in [-0.25, -0.2) is 0 Å². The molecule has 2 atom stereocenters. The minimum absolute atomic E-state index is 0.0694. The summed E-state index contributed by atoms with van der Waals surface area (Å²) < 4.78 is 0. The Kier molecular flexibility index (Phi) is 25.1. The number of hydrogen-bond acceptors (Lipinski definition) is 3. The van der Waals surface area contributed by atoms with Crippen molar-refractivity contribution in [3.63, 3.8) is 0 Å². The molecule has 0 fully saturated rings. The molecule has 0 radical (unpaired) electrons. The van der Waals surface area contributed by atoms with E-state index in [1.165, 1.54) is 103 Å². The molecule has 4 heteroatoms. The van der Waals surface area contributed by atoms with Crippen molar-refractivity contribution in [2.45, 2.75) is 161 Å². The third-order valence-corrected chi connectivity index (χ3v) is 6.52. The van der Waals surface area contributed by atoms with Gasteiger partial charge in [-0.2, -0.15) is 0 Å². The van der Waals surface area contributed by atoms with Crippen LogP contribution < -0.4 is 5.32 Å². The van der Waals surface area contributed by atoms with Gasteiger partial charge in [-0.1, -0.05) is 135 Å². The second-order valence-electron chi connectivity index (χ2n) is 9.82. The van der Waals surface area contributed by atoms with Crippen molar-refractivity contribution in [1.29, 1.82) is 0 Å². The quantitative estimate of drug-likeness (QED) is 0.0955. The number of rotatable bonds is 25. The van der Waals surface area contributed by atoms with E-state index < -0.39 is 12.1 Å². The first-order chi connectivity index (χ1) is 16.2. The molecule has 2 unspecified atom stereocenters. The molecule has 0 rings (SSSR count). The van der Waals surface area contributed by atoms with E-state index in [1.54, 1.807) is 6.08 Å². The van der Waals surface area contributed by atoms with Crippen LogP contribution in [0.1, 0.15) is 149 Å². The van der Waals surface area contributed by atoms with E-state index in [0.29, 0.717) is 6.42 Å². The van der Waals surface area contributed by atoms with Crippen molar-refractivity contribution >= 4 is 5.91 Å². The van der Waals surface area contributed by atoms with Gasteiger partial charge in [0.15, 0.2) is 0 Å². The number of hydrogen-bond donors (Lipinski definition) is 3. The Hall–Kier alpha value is -0.870. The van der Waals surface area contributed by atoms with Gasteiger partial charge in [0.1, 0.15) is 0 Å². The Bertz CT molecular complexity index is 439. The van der Waals surface area contributed by atoms with Crippen LogP contribution in [-0.4, -0.2) is 34.9 Å². The molecule has 0 saturated carbocycles. The average molecular weight is 468 g/mol. The minimum atomic E-state index is -0.828. The van der Waals surface area contributed by atoms with Gasteiger partial charge >= 0.3 is 0 Å². The first-order valence-corrected chi connectivity index (χ1v) is 14.4. The number of carbonyl (C=O) groups is 1. The standard InChI is InChI=1S/C29H57NO3/c1-3-5-7-9-11-13-15-16-18-20-22-24-28(32)27(26-31)30-29(33)25-23-21-19-17-14-12-10-8-6-4-2/h22,24,27-28,31-32H,3-21,23,25-26H2,1-2H3,(H,30,33)/b24-22+. The number of aliphatic hydroxyl groups is 2. The molecule has 0 spiro atoms. The zero-order valence-corrected chi connectivity index (χ0v) is 22.2. The van der Waals surface area contributed by atoms with Crippen molar-refractivity contribution in [2.24, 2.45) is 0 Å². The molecule has 0 saturated heterocycles. The molecule has 0 aliphatic carbocycles. The molecule has 0 aliphatic rings. The van der Waals surface area contributed by atoms with Crippen molar-refractivity contribution in [3.8, 4) is 0 Å². The first kappa shape index (κ1) is 32.1. The molecule has 33 heavy (non-hydrogen) atoms. The van der Waals surface area contributed by atoms with Gasteiger partial charge in [-0.15, -0.1) is 0 Å². The predicted molar refractivity (Wildman–Crippen MR) is 142 cm³/mol. The highest BCUT2D eigenvalue weighted by molar-refractivity contribution is 5.76. The maximum atomic E-state index is 12.2. The number of aliphatic hydroxyl groups excluding tert-OH is 2. The lowest BCUT2D eigenvalue weighted by molar-refractivity contribution is -0.123. The normalized spacial score (nSPS) is 13.5. The van der Waals surface area contributed by atoms with Gasteiger partial charge in [0.05, 0.1) is 18.8 Å². The summed E-state index contributed by atoms with van der Waals surface area (Å²) in [5, 5.41) is 22.6. The van der Waals surface area contributed by atoms with Gasteiger partial charge in [0, 0.05) is 6.42 Å². The Morgan fingerprint density at radius 2 is 1.12 bits per heavy atom. The van der Waals surface area contributed by atoms with Crippen molar-refractivity contribution in [1.82, 2.24) is 5.32 Å². The van der Waals surface area contributed by atoms with Crippen molar-refractivity contribution in [2.75, 3.05) is 6.61 Å². The van der Waals surface area contributed by atoms with E-state index in [9.17, 15) is 15.0 Å². The predicted octanol–water partition coefficient (Wildman–Crippen LogP) is 7.61. The van der Waals surface area contributed by atoms with E-state index in [2.05, 4.69) is 19.2 Å². The molecule has 0 aliphatic heterocycles. The zero-order chi connectivity index (χ0) is 24.4. The van der Waals surface area contributed by atoms with E-state index in [4.69, 9.17) is 0 Å². The van der Waals surface area contributed by atoms with Gasteiger partial charge in [0.25, 0.3) is 0 Å². The second-order valence-corrected chi connectivity index (χ2v) is 9.82. The van der Waals surface area contributed by atoms with Crippen LogP contribution in [0.25, 0.3) is 0 Å². The summed E-state index contributed by atoms with van der Waals surface area (Å²) in [6.45, 7) is 4.25. The molecule has 0 aromatic rings. The fourth-order valence-electron chi connectivity index (χ4n) is 4.23. The van der Waals surface area contributed by atoms with Gasteiger partial charge in [-0.3, -0.25) is 4.79 Å². The number of allylic oxidation sites excluding steroid dienone is 1. The Labute approximate surface area is 206 Å². The topological polar surface area (TPSA) is 69.6 Å². The van der Waals surface area contributed by atoms with Crippen LogP contribution in [-0.2, 0) is 4.79 Å². The molecule has 3 N–H and O–H groups in total. The maximum Gasteiger partial charge on any atom is 0.220 e. The van der Waals surface area contributed by atoms with E-state index in [1.807, 2.05) is 6.08 Å². The molecule has 0 heterocycles. The fraction of sp³-hybridized carbons (Fsp3) is 0.897. The van der Waals surface area contributed by atoms with E-state index >= 15 is 0 Å². The van der Waals surface area contributed by atoms with Crippen LogP contribution in [0.4, 0.5) is 0 Å². The van der Waals surface area contributed by atoms with Crippen LogP contribution in [0.3, 0.4) is 0 Å². The lowest BCUT2D eigenvalue weighted by Crippen LogP contribution is -2.45.